The van der Waals surface area contributed by atoms with Gasteiger partial charge in [0, 0.05) is 12.6 Å². The van der Waals surface area contributed by atoms with Crippen LogP contribution in [-0.4, -0.2) is 30.0 Å². The first kappa shape index (κ1) is 22.6. The van der Waals surface area contributed by atoms with E-state index in [0.717, 1.165) is 10.8 Å². The van der Waals surface area contributed by atoms with Crippen LogP contribution in [0.3, 0.4) is 0 Å². The van der Waals surface area contributed by atoms with Gasteiger partial charge >= 0.3 is 6.09 Å². The molecule has 0 spiro atoms. The number of aromatic nitrogens is 1. The zero-order valence-corrected chi connectivity index (χ0v) is 18.5. The predicted molar refractivity (Wildman–Crippen MR) is 117 cm³/mol. The van der Waals surface area contributed by atoms with E-state index in [1.165, 1.54) is 29.5 Å². The molecule has 12 heteroatoms. The number of rotatable bonds is 6. The summed E-state index contributed by atoms with van der Waals surface area (Å²) >= 11 is 1.21. The number of anilines is 1. The van der Waals surface area contributed by atoms with Gasteiger partial charge in [0.25, 0.3) is 5.69 Å². The van der Waals surface area contributed by atoms with E-state index in [2.05, 4.69) is 15.0 Å². The van der Waals surface area contributed by atoms with Crippen molar-refractivity contribution in [2.75, 3.05) is 5.32 Å². The molecule has 1 heterocycles. The topological polar surface area (TPSA) is 141 Å². The fourth-order valence-corrected chi connectivity index (χ4v) is 4.72. The Labute approximate surface area is 182 Å². The van der Waals surface area contributed by atoms with Crippen molar-refractivity contribution >= 4 is 48.5 Å². The van der Waals surface area contributed by atoms with Crippen LogP contribution in [0.25, 0.3) is 10.2 Å². The first-order valence-corrected chi connectivity index (χ1v) is 11.4. The smallest absolute Gasteiger partial charge is 0.413 e. The van der Waals surface area contributed by atoms with E-state index in [9.17, 15) is 23.3 Å². The van der Waals surface area contributed by atoms with Gasteiger partial charge in [0.2, 0.25) is 10.0 Å². The highest BCUT2D eigenvalue weighted by Crippen LogP contribution is 2.28. The first-order valence-electron chi connectivity index (χ1n) is 9.07. The highest BCUT2D eigenvalue weighted by molar-refractivity contribution is 7.89. The summed E-state index contributed by atoms with van der Waals surface area (Å²) in [4.78, 5) is 26.2. The summed E-state index contributed by atoms with van der Waals surface area (Å²) in [7, 11) is -4.09. The number of amides is 1. The summed E-state index contributed by atoms with van der Waals surface area (Å²) in [5.41, 5.74) is 0.119. The molecule has 0 saturated heterocycles. The third-order valence-electron chi connectivity index (χ3n) is 3.88. The normalized spacial score (nSPS) is 12.0. The average Bonchev–Trinajstić information content (AvgIpc) is 3.06. The van der Waals surface area contributed by atoms with Crippen molar-refractivity contribution < 1.29 is 22.9 Å². The van der Waals surface area contributed by atoms with Gasteiger partial charge in [-0.3, -0.25) is 15.4 Å². The van der Waals surface area contributed by atoms with E-state index in [1.54, 1.807) is 39.0 Å². The van der Waals surface area contributed by atoms with Crippen LogP contribution in [0, 0.1) is 10.1 Å². The third-order valence-corrected chi connectivity index (χ3v) is 6.26. The average molecular weight is 465 g/mol. The van der Waals surface area contributed by atoms with Crippen molar-refractivity contribution in [2.24, 2.45) is 0 Å². The molecular formula is C19H20N4O6S2. The number of nitro benzene ring substituents is 1. The van der Waals surface area contributed by atoms with Gasteiger partial charge in [-0.05, 0) is 44.5 Å². The lowest BCUT2D eigenvalue weighted by atomic mass is 10.2. The quantitative estimate of drug-likeness (QED) is 0.414. The SMILES string of the molecule is CC(C)(C)OC(=O)Nc1nc2ccc(CNS(=O)(=O)c3ccccc3[N+](=O)[O-])cc2s1. The van der Waals surface area contributed by atoms with Crippen LogP contribution < -0.4 is 10.0 Å². The summed E-state index contributed by atoms with van der Waals surface area (Å²) in [6.07, 6.45) is -0.621. The molecule has 0 saturated carbocycles. The van der Waals surface area contributed by atoms with Crippen LogP contribution >= 0.6 is 11.3 Å². The molecule has 1 amide bonds. The molecule has 164 valence electrons. The van der Waals surface area contributed by atoms with E-state index in [4.69, 9.17) is 4.74 Å². The molecule has 10 nitrogen and oxygen atoms in total. The van der Waals surface area contributed by atoms with E-state index in [0.29, 0.717) is 16.2 Å². The summed E-state index contributed by atoms with van der Waals surface area (Å²) in [6, 6.07) is 10.2. The molecule has 2 N–H and O–H groups in total. The molecule has 0 fully saturated rings. The van der Waals surface area contributed by atoms with E-state index in [-0.39, 0.29) is 6.54 Å². The van der Waals surface area contributed by atoms with Crippen LogP contribution in [0.15, 0.2) is 47.4 Å². The number of sulfonamides is 1. The number of para-hydroxylation sites is 1. The van der Waals surface area contributed by atoms with Gasteiger partial charge in [-0.25, -0.2) is 22.9 Å². The monoisotopic (exact) mass is 464 g/mol. The zero-order chi connectivity index (χ0) is 22.8. The molecule has 1 aromatic heterocycles. The van der Waals surface area contributed by atoms with Crippen molar-refractivity contribution in [3.05, 3.63) is 58.1 Å². The van der Waals surface area contributed by atoms with Gasteiger partial charge in [-0.2, -0.15) is 0 Å². The highest BCUT2D eigenvalue weighted by Gasteiger charge is 2.25. The number of nitrogens with zero attached hydrogens (tertiary/aromatic N) is 2. The Bertz CT molecular complexity index is 1250. The van der Waals surface area contributed by atoms with Crippen LogP contribution in [0.2, 0.25) is 0 Å². The lowest BCUT2D eigenvalue weighted by molar-refractivity contribution is -0.387. The van der Waals surface area contributed by atoms with Crippen molar-refractivity contribution in [3.63, 3.8) is 0 Å². The molecule has 0 unspecified atom stereocenters. The Morgan fingerprint density at radius 3 is 2.61 bits per heavy atom. The molecule has 31 heavy (non-hydrogen) atoms. The second-order valence-corrected chi connectivity index (χ2v) is 10.3. The number of thiazole rings is 1. The molecular weight excluding hydrogens is 444 g/mol. The van der Waals surface area contributed by atoms with E-state index in [1.807, 2.05) is 0 Å². The number of carbonyl (C=O) groups excluding carboxylic acids is 1. The van der Waals surface area contributed by atoms with Gasteiger partial charge in [-0.15, -0.1) is 0 Å². The van der Waals surface area contributed by atoms with Crippen molar-refractivity contribution in [2.45, 2.75) is 37.8 Å². The summed E-state index contributed by atoms with van der Waals surface area (Å²) in [5.74, 6) is 0. The summed E-state index contributed by atoms with van der Waals surface area (Å²) in [6.45, 7) is 5.18. The predicted octanol–water partition coefficient (Wildman–Crippen LogP) is 4.03. The molecule has 0 radical (unpaired) electrons. The number of nitro groups is 1. The Morgan fingerprint density at radius 1 is 1.23 bits per heavy atom. The minimum Gasteiger partial charge on any atom is -0.444 e. The van der Waals surface area contributed by atoms with E-state index < -0.39 is 37.2 Å². The van der Waals surface area contributed by atoms with Crippen LogP contribution in [0.1, 0.15) is 26.3 Å². The molecule has 3 aromatic rings. The van der Waals surface area contributed by atoms with Gasteiger partial charge in [0.05, 0.1) is 15.1 Å². The number of carbonyl (C=O) groups is 1. The number of hydrogen-bond donors (Lipinski definition) is 2. The minimum atomic E-state index is -4.09. The minimum absolute atomic E-state index is 0.0724. The lowest BCUT2D eigenvalue weighted by Gasteiger charge is -2.18. The molecule has 0 aliphatic rings. The molecule has 0 atom stereocenters. The van der Waals surface area contributed by atoms with Crippen LogP contribution in [0.5, 0.6) is 0 Å². The molecule has 0 aliphatic heterocycles. The zero-order valence-electron chi connectivity index (χ0n) is 16.9. The van der Waals surface area contributed by atoms with Crippen LogP contribution in [-0.2, 0) is 21.3 Å². The summed E-state index contributed by atoms with van der Waals surface area (Å²) in [5, 5.41) is 14.0. The molecule has 3 rings (SSSR count). The van der Waals surface area contributed by atoms with E-state index >= 15 is 0 Å². The maximum Gasteiger partial charge on any atom is 0.413 e. The highest BCUT2D eigenvalue weighted by atomic mass is 32.2. The molecule has 2 aromatic carbocycles. The summed E-state index contributed by atoms with van der Waals surface area (Å²) < 4.78 is 33.4. The van der Waals surface area contributed by atoms with Gasteiger partial charge in [-0.1, -0.05) is 29.5 Å². The number of benzene rings is 2. The number of hydrogen-bond acceptors (Lipinski definition) is 8. The largest absolute Gasteiger partial charge is 0.444 e. The van der Waals surface area contributed by atoms with Gasteiger partial charge in [0.15, 0.2) is 10.0 Å². The number of nitrogens with one attached hydrogen (secondary N) is 2. The number of ether oxygens (including phenoxy) is 1. The Morgan fingerprint density at radius 2 is 1.94 bits per heavy atom. The Kier molecular flexibility index (Phi) is 6.25. The second kappa shape index (κ2) is 8.57. The Balaban J connectivity index is 1.74. The van der Waals surface area contributed by atoms with Crippen molar-refractivity contribution in [3.8, 4) is 0 Å². The second-order valence-electron chi connectivity index (χ2n) is 7.50. The van der Waals surface area contributed by atoms with Crippen molar-refractivity contribution in [1.82, 2.24) is 9.71 Å². The van der Waals surface area contributed by atoms with Gasteiger partial charge < -0.3 is 4.74 Å². The van der Waals surface area contributed by atoms with Crippen molar-refractivity contribution in [1.29, 1.82) is 0 Å². The Hall–Kier alpha value is -3.09. The lowest BCUT2D eigenvalue weighted by Crippen LogP contribution is -2.27. The maximum atomic E-state index is 12.5. The fraction of sp³-hybridized carbons (Fsp3) is 0.263. The third kappa shape index (κ3) is 5.75. The molecule has 0 aliphatic carbocycles. The van der Waals surface area contributed by atoms with Crippen LogP contribution in [0.4, 0.5) is 15.6 Å². The van der Waals surface area contributed by atoms with Gasteiger partial charge in [0.1, 0.15) is 5.60 Å². The molecule has 0 bridgehead atoms. The first-order chi connectivity index (χ1) is 14.4. The number of fused-ring (bicyclic) bond motifs is 1. The fourth-order valence-electron chi connectivity index (χ4n) is 2.61. The maximum absolute atomic E-state index is 12.5. The standard InChI is InChI=1S/C19H20N4O6S2/c1-19(2,3)29-18(24)22-17-21-13-9-8-12(10-15(13)30-17)11-20-31(27,28)16-7-5-4-6-14(16)23(25)26/h4-10,20H,11H2,1-3H3,(H,21,22,24).